The first kappa shape index (κ1) is 33.6. The van der Waals surface area contributed by atoms with Crippen LogP contribution >= 0.6 is 0 Å². The zero-order chi connectivity index (χ0) is 34.2. The molecule has 1 aliphatic heterocycles. The Kier molecular flexibility index (Phi) is 10.7. The Morgan fingerprint density at radius 2 is 1.15 bits per heavy atom. The van der Waals surface area contributed by atoms with Gasteiger partial charge in [-0.2, -0.15) is 0 Å². The highest BCUT2D eigenvalue weighted by Crippen LogP contribution is 2.41. The summed E-state index contributed by atoms with van der Waals surface area (Å²) in [6, 6.07) is 18.7. The molecule has 1 unspecified atom stereocenters. The van der Waals surface area contributed by atoms with Crippen molar-refractivity contribution in [1.82, 2.24) is 5.32 Å². The van der Waals surface area contributed by atoms with E-state index in [-0.39, 0.29) is 19.1 Å². The number of carbonyl (C=O) groups excluding carboxylic acids is 1. The molecule has 11 heteroatoms. The topological polar surface area (TPSA) is 115 Å². The molecular weight excluding hydrogens is 616 g/mol. The summed E-state index contributed by atoms with van der Waals surface area (Å²) in [5.41, 5.74) is 4.92. The highest BCUT2D eigenvalue weighted by atomic mass is 16.6. The third-order valence-corrected chi connectivity index (χ3v) is 7.74. The van der Waals surface area contributed by atoms with E-state index >= 15 is 0 Å². The van der Waals surface area contributed by atoms with Crippen molar-refractivity contribution in [3.8, 4) is 46.0 Å². The molecule has 0 saturated carbocycles. The monoisotopic (exact) mass is 656 g/mol. The summed E-state index contributed by atoms with van der Waals surface area (Å²) >= 11 is 0. The summed E-state index contributed by atoms with van der Waals surface area (Å²) in [4.78, 5) is 12.7. The highest BCUT2D eigenvalue weighted by molar-refractivity contribution is 6.01. The Hall–Kier alpha value is -5.71. The minimum absolute atomic E-state index is 0.137. The quantitative estimate of drug-likeness (QED) is 0.115. The molecule has 2 N–H and O–H groups in total. The van der Waals surface area contributed by atoms with E-state index in [9.17, 15) is 4.79 Å². The molecule has 1 atom stereocenters. The molecule has 1 amide bonds. The van der Waals surface area contributed by atoms with Gasteiger partial charge in [0.25, 0.3) is 5.91 Å². The lowest BCUT2D eigenvalue weighted by Crippen LogP contribution is -2.38. The molecular formula is C37H40N2O9. The van der Waals surface area contributed by atoms with E-state index in [4.69, 9.17) is 37.9 Å². The zero-order valence-corrected chi connectivity index (χ0v) is 28.1. The van der Waals surface area contributed by atoms with Crippen LogP contribution in [0.1, 0.15) is 38.8 Å². The molecule has 1 aliphatic rings. The average molecular weight is 657 g/mol. The van der Waals surface area contributed by atoms with Crippen LogP contribution in [-0.2, 0) is 0 Å². The van der Waals surface area contributed by atoms with E-state index in [0.717, 1.165) is 27.9 Å². The molecule has 5 rings (SSSR count). The molecule has 0 saturated heterocycles. The van der Waals surface area contributed by atoms with Gasteiger partial charge in [-0.3, -0.25) is 4.79 Å². The predicted octanol–water partition coefficient (Wildman–Crippen LogP) is 6.53. The second kappa shape index (κ2) is 15.3. The molecule has 0 bridgehead atoms. The predicted molar refractivity (Wildman–Crippen MR) is 184 cm³/mol. The maximum absolute atomic E-state index is 12.7. The van der Waals surface area contributed by atoms with Gasteiger partial charge < -0.3 is 48.5 Å². The summed E-state index contributed by atoms with van der Waals surface area (Å²) in [6.45, 7) is 2.38. The SMILES string of the molecule is COc1cc(C2NC(=O)c3cc(C)ccc3N2)ccc1OCCOc1c(OC)cc(/C=C/c2cc(OC)c(OC)c(OC)c2)cc1OC. The van der Waals surface area contributed by atoms with Gasteiger partial charge in [0.15, 0.2) is 34.5 Å². The van der Waals surface area contributed by atoms with Crippen LogP contribution in [0.4, 0.5) is 5.69 Å². The lowest BCUT2D eigenvalue weighted by atomic mass is 10.0. The van der Waals surface area contributed by atoms with Gasteiger partial charge in [-0.25, -0.2) is 0 Å². The van der Waals surface area contributed by atoms with Gasteiger partial charge in [0, 0.05) is 5.69 Å². The van der Waals surface area contributed by atoms with Crippen LogP contribution in [0.15, 0.2) is 60.7 Å². The largest absolute Gasteiger partial charge is 0.493 e. The van der Waals surface area contributed by atoms with Crippen molar-refractivity contribution >= 4 is 23.7 Å². The number of amides is 1. The third kappa shape index (κ3) is 7.30. The van der Waals surface area contributed by atoms with Crippen molar-refractivity contribution in [2.75, 3.05) is 61.2 Å². The fourth-order valence-electron chi connectivity index (χ4n) is 5.35. The first-order valence-electron chi connectivity index (χ1n) is 15.2. The number of carbonyl (C=O) groups is 1. The van der Waals surface area contributed by atoms with Crippen LogP contribution in [0.5, 0.6) is 46.0 Å². The van der Waals surface area contributed by atoms with Crippen molar-refractivity contribution < 1.29 is 42.7 Å². The minimum atomic E-state index is -0.418. The van der Waals surface area contributed by atoms with Crippen molar-refractivity contribution in [3.63, 3.8) is 0 Å². The number of methoxy groups -OCH3 is 6. The highest BCUT2D eigenvalue weighted by Gasteiger charge is 2.25. The minimum Gasteiger partial charge on any atom is -0.493 e. The molecule has 4 aromatic carbocycles. The smallest absolute Gasteiger partial charge is 0.255 e. The number of benzene rings is 4. The fourth-order valence-corrected chi connectivity index (χ4v) is 5.35. The Bertz CT molecular complexity index is 1750. The van der Waals surface area contributed by atoms with Crippen molar-refractivity contribution in [1.29, 1.82) is 0 Å². The normalized spacial score (nSPS) is 13.6. The van der Waals surface area contributed by atoms with Crippen molar-refractivity contribution in [2.45, 2.75) is 13.1 Å². The number of hydrogen-bond acceptors (Lipinski definition) is 10. The molecule has 11 nitrogen and oxygen atoms in total. The fraction of sp³-hybridized carbons (Fsp3) is 0.270. The Labute approximate surface area is 280 Å². The van der Waals surface area contributed by atoms with Gasteiger partial charge in [-0.1, -0.05) is 29.8 Å². The maximum Gasteiger partial charge on any atom is 0.255 e. The summed E-state index contributed by atoms with van der Waals surface area (Å²) in [6.07, 6.45) is 3.42. The van der Waals surface area contributed by atoms with Crippen LogP contribution in [0.3, 0.4) is 0 Å². The molecule has 252 valence electrons. The summed E-state index contributed by atoms with van der Waals surface area (Å²) in [5.74, 6) is 4.01. The van der Waals surface area contributed by atoms with Gasteiger partial charge >= 0.3 is 0 Å². The second-order valence-electron chi connectivity index (χ2n) is 10.8. The number of fused-ring (bicyclic) bond motifs is 1. The van der Waals surface area contributed by atoms with Gasteiger partial charge in [-0.15, -0.1) is 0 Å². The lowest BCUT2D eigenvalue weighted by molar-refractivity contribution is 0.0935. The Morgan fingerprint density at radius 3 is 1.71 bits per heavy atom. The number of anilines is 1. The van der Waals surface area contributed by atoms with Crippen LogP contribution in [0, 0.1) is 6.92 Å². The summed E-state index contributed by atoms with van der Waals surface area (Å²) in [5, 5.41) is 6.38. The summed E-state index contributed by atoms with van der Waals surface area (Å²) < 4.78 is 45.4. The Balaban J connectivity index is 1.24. The maximum atomic E-state index is 12.7. The number of ether oxygens (including phenoxy) is 8. The zero-order valence-electron chi connectivity index (χ0n) is 28.1. The average Bonchev–Trinajstić information content (AvgIpc) is 3.11. The van der Waals surface area contributed by atoms with Crippen LogP contribution < -0.4 is 48.5 Å². The molecule has 48 heavy (non-hydrogen) atoms. The van der Waals surface area contributed by atoms with E-state index in [2.05, 4.69) is 10.6 Å². The number of rotatable bonds is 14. The number of hydrogen-bond donors (Lipinski definition) is 2. The molecule has 0 aromatic heterocycles. The van der Waals surface area contributed by atoms with E-state index in [1.807, 2.05) is 79.7 Å². The number of aryl methyl sites for hydroxylation is 1. The van der Waals surface area contributed by atoms with Gasteiger partial charge in [0.05, 0.1) is 48.2 Å². The molecule has 0 spiro atoms. The van der Waals surface area contributed by atoms with E-state index < -0.39 is 6.17 Å². The van der Waals surface area contributed by atoms with Crippen LogP contribution in [-0.4, -0.2) is 61.8 Å². The van der Waals surface area contributed by atoms with E-state index in [0.29, 0.717) is 51.6 Å². The molecule has 4 aromatic rings. The van der Waals surface area contributed by atoms with Gasteiger partial charge in [-0.05, 0) is 72.1 Å². The molecule has 0 radical (unpaired) electrons. The standard InChI is InChI=1S/C37H40N2O9/c1-22-8-12-27-26(16-22)37(40)39-36(38-27)25-11-13-28(29(21-25)41-2)47-14-15-48-35-32(44-5)19-24(20-33(35)45-6)10-9-23-17-30(42-3)34(46-7)31(18-23)43-4/h8-13,16-21,36,38H,14-15H2,1-7H3,(H,39,40)/b10-9+. The summed E-state index contributed by atoms with van der Waals surface area (Å²) in [7, 11) is 9.43. The van der Waals surface area contributed by atoms with Crippen molar-refractivity contribution in [2.24, 2.45) is 0 Å². The second-order valence-corrected chi connectivity index (χ2v) is 10.8. The van der Waals surface area contributed by atoms with Gasteiger partial charge in [0.1, 0.15) is 19.4 Å². The number of nitrogens with one attached hydrogen (secondary N) is 2. The van der Waals surface area contributed by atoms with Crippen molar-refractivity contribution in [3.05, 3.63) is 88.5 Å². The first-order valence-corrected chi connectivity index (χ1v) is 15.2. The van der Waals surface area contributed by atoms with E-state index in [1.165, 1.54) is 0 Å². The lowest BCUT2D eigenvalue weighted by Gasteiger charge is -2.28. The van der Waals surface area contributed by atoms with Gasteiger partial charge in [0.2, 0.25) is 11.5 Å². The molecule has 0 fully saturated rings. The third-order valence-electron chi connectivity index (χ3n) is 7.74. The van der Waals surface area contributed by atoms with Crippen LogP contribution in [0.2, 0.25) is 0 Å². The Morgan fingerprint density at radius 1 is 0.583 bits per heavy atom. The van der Waals surface area contributed by atoms with Crippen LogP contribution in [0.25, 0.3) is 12.2 Å². The molecule has 0 aliphatic carbocycles. The van der Waals surface area contributed by atoms with E-state index in [1.54, 1.807) is 42.7 Å². The molecule has 1 heterocycles. The first-order chi connectivity index (χ1) is 23.3.